The number of aromatic nitrogens is 1. The smallest absolute Gasteiger partial charge is 0.305 e. The van der Waals surface area contributed by atoms with Crippen LogP contribution in [0.4, 0.5) is 0 Å². The topological polar surface area (TPSA) is 58.9 Å². The summed E-state index contributed by atoms with van der Waals surface area (Å²) in [5.74, 6) is 1.66. The summed E-state index contributed by atoms with van der Waals surface area (Å²) in [6.45, 7) is 2.74. The molecule has 0 aliphatic rings. The standard InChI is InChI=1S/C36H37NO5/c1-4-41-35(38)16-6-5-11-23-42-36-33(39-2)24-27(25-34(36)40-3)18-17-26-19-21-28(22-20-26)37-31-14-9-7-12-29(31)30-13-8-10-15-32(30)37/h7-10,12-15,17-22,24-25H,4-6,11,16,23H2,1-3H3/b18-17+. The van der Waals surface area contributed by atoms with E-state index in [0.29, 0.717) is 36.9 Å². The number of hydrogen-bond acceptors (Lipinski definition) is 5. The third-order valence-electron chi connectivity index (χ3n) is 7.26. The summed E-state index contributed by atoms with van der Waals surface area (Å²) in [5, 5.41) is 2.50. The van der Waals surface area contributed by atoms with Gasteiger partial charge in [0.15, 0.2) is 11.5 Å². The van der Waals surface area contributed by atoms with Crippen molar-refractivity contribution in [1.29, 1.82) is 0 Å². The maximum atomic E-state index is 11.5. The first-order valence-corrected chi connectivity index (χ1v) is 14.4. The largest absolute Gasteiger partial charge is 0.493 e. The second kappa shape index (κ2) is 13.8. The van der Waals surface area contributed by atoms with Gasteiger partial charge in [-0.25, -0.2) is 0 Å². The van der Waals surface area contributed by atoms with Gasteiger partial charge in [-0.2, -0.15) is 0 Å². The lowest BCUT2D eigenvalue weighted by Crippen LogP contribution is -2.05. The highest BCUT2D eigenvalue weighted by molar-refractivity contribution is 6.09. The Morgan fingerprint density at radius 1 is 0.738 bits per heavy atom. The number of fused-ring (bicyclic) bond motifs is 3. The van der Waals surface area contributed by atoms with E-state index in [1.807, 2.05) is 25.1 Å². The van der Waals surface area contributed by atoms with E-state index in [0.717, 1.165) is 36.1 Å². The molecular weight excluding hydrogens is 526 g/mol. The first-order chi connectivity index (χ1) is 20.6. The Bertz CT molecular complexity index is 1600. The number of rotatable bonds is 13. The van der Waals surface area contributed by atoms with Gasteiger partial charge in [0.25, 0.3) is 0 Å². The van der Waals surface area contributed by atoms with Crippen molar-refractivity contribution in [3.05, 3.63) is 96.1 Å². The summed E-state index contributed by atoms with van der Waals surface area (Å²) >= 11 is 0. The second-order valence-corrected chi connectivity index (χ2v) is 10.0. The minimum Gasteiger partial charge on any atom is -0.493 e. The molecule has 0 fully saturated rings. The molecule has 0 aliphatic heterocycles. The minimum atomic E-state index is -0.149. The molecular formula is C36H37NO5. The van der Waals surface area contributed by atoms with Crippen LogP contribution < -0.4 is 14.2 Å². The van der Waals surface area contributed by atoms with E-state index in [1.165, 1.54) is 21.8 Å². The monoisotopic (exact) mass is 563 g/mol. The van der Waals surface area contributed by atoms with Gasteiger partial charge in [0.1, 0.15) is 0 Å². The fraction of sp³-hybridized carbons (Fsp3) is 0.250. The molecule has 0 spiro atoms. The third kappa shape index (κ3) is 6.44. The molecule has 6 heteroatoms. The molecule has 0 N–H and O–H groups in total. The van der Waals surface area contributed by atoms with Crippen molar-refractivity contribution in [1.82, 2.24) is 4.57 Å². The first kappa shape index (κ1) is 28.8. The van der Waals surface area contributed by atoms with E-state index >= 15 is 0 Å². The van der Waals surface area contributed by atoms with Crippen LogP contribution >= 0.6 is 0 Å². The summed E-state index contributed by atoms with van der Waals surface area (Å²) in [7, 11) is 3.25. The number of methoxy groups -OCH3 is 2. The normalized spacial score (nSPS) is 11.3. The average Bonchev–Trinajstić information content (AvgIpc) is 3.36. The van der Waals surface area contributed by atoms with Crippen molar-refractivity contribution in [2.24, 2.45) is 0 Å². The van der Waals surface area contributed by atoms with Crippen LogP contribution in [0.25, 0.3) is 39.6 Å². The number of esters is 1. The van der Waals surface area contributed by atoms with Crippen LogP contribution in [0, 0.1) is 0 Å². The zero-order chi connectivity index (χ0) is 29.3. The summed E-state index contributed by atoms with van der Waals surface area (Å²) in [6.07, 6.45) is 7.02. The quantitative estimate of drug-likeness (QED) is 0.0817. The summed E-state index contributed by atoms with van der Waals surface area (Å²) in [4.78, 5) is 11.5. The highest BCUT2D eigenvalue weighted by atomic mass is 16.5. The first-order valence-electron chi connectivity index (χ1n) is 14.4. The fourth-order valence-corrected chi connectivity index (χ4v) is 5.22. The van der Waals surface area contributed by atoms with Gasteiger partial charge in [-0.1, -0.05) is 60.7 Å². The fourth-order valence-electron chi connectivity index (χ4n) is 5.22. The lowest BCUT2D eigenvalue weighted by atomic mass is 10.1. The van der Waals surface area contributed by atoms with Crippen molar-refractivity contribution in [2.45, 2.75) is 32.6 Å². The summed E-state index contributed by atoms with van der Waals surface area (Å²) in [6, 6.07) is 29.5. The van der Waals surface area contributed by atoms with Crippen LogP contribution in [0.15, 0.2) is 84.9 Å². The number of ether oxygens (including phenoxy) is 4. The Morgan fingerprint density at radius 2 is 1.33 bits per heavy atom. The van der Waals surface area contributed by atoms with E-state index in [1.54, 1.807) is 14.2 Å². The Labute approximate surface area is 247 Å². The van der Waals surface area contributed by atoms with E-state index < -0.39 is 0 Å². The lowest BCUT2D eigenvalue weighted by Gasteiger charge is -2.15. The van der Waals surface area contributed by atoms with Crippen molar-refractivity contribution in [3.63, 3.8) is 0 Å². The highest BCUT2D eigenvalue weighted by Gasteiger charge is 2.14. The number of benzene rings is 4. The Morgan fingerprint density at radius 3 is 1.93 bits per heavy atom. The van der Waals surface area contributed by atoms with Gasteiger partial charge in [0.2, 0.25) is 5.75 Å². The van der Waals surface area contributed by atoms with E-state index in [-0.39, 0.29) is 5.97 Å². The van der Waals surface area contributed by atoms with Crippen LogP contribution in [0.2, 0.25) is 0 Å². The van der Waals surface area contributed by atoms with Gasteiger partial charge in [0, 0.05) is 22.9 Å². The molecule has 0 atom stereocenters. The average molecular weight is 564 g/mol. The Kier molecular flexibility index (Phi) is 9.44. The van der Waals surface area contributed by atoms with Gasteiger partial charge < -0.3 is 23.5 Å². The molecule has 0 saturated carbocycles. The minimum absolute atomic E-state index is 0.149. The number of carbonyl (C=O) groups is 1. The number of hydrogen-bond donors (Lipinski definition) is 0. The molecule has 1 heterocycles. The molecule has 42 heavy (non-hydrogen) atoms. The number of unbranched alkanes of at least 4 members (excludes halogenated alkanes) is 2. The number of para-hydroxylation sites is 2. The molecule has 0 aliphatic carbocycles. The zero-order valence-corrected chi connectivity index (χ0v) is 24.5. The Balaban J connectivity index is 1.28. The molecule has 0 amide bonds. The maximum Gasteiger partial charge on any atom is 0.305 e. The summed E-state index contributed by atoms with van der Waals surface area (Å²) < 4.78 is 24.6. The zero-order valence-electron chi connectivity index (χ0n) is 24.5. The molecule has 0 unspecified atom stereocenters. The van der Waals surface area contributed by atoms with Crippen molar-refractivity contribution in [3.8, 4) is 22.9 Å². The molecule has 4 aromatic carbocycles. The SMILES string of the molecule is CCOC(=O)CCCCCOc1c(OC)cc(/C=C/c2ccc(-n3c4ccccc4c4ccccc43)cc2)cc1OC. The summed E-state index contributed by atoms with van der Waals surface area (Å²) in [5.41, 5.74) is 5.54. The van der Waals surface area contributed by atoms with Gasteiger partial charge in [-0.15, -0.1) is 0 Å². The second-order valence-electron chi connectivity index (χ2n) is 10.0. The van der Waals surface area contributed by atoms with Crippen LogP contribution in [0.3, 0.4) is 0 Å². The maximum absolute atomic E-state index is 11.5. The molecule has 5 aromatic rings. The molecule has 5 rings (SSSR count). The number of nitrogens with zero attached hydrogens (tertiary/aromatic N) is 1. The van der Waals surface area contributed by atoms with Crippen LogP contribution in [0.5, 0.6) is 17.2 Å². The highest BCUT2D eigenvalue weighted by Crippen LogP contribution is 2.39. The third-order valence-corrected chi connectivity index (χ3v) is 7.26. The molecule has 0 radical (unpaired) electrons. The van der Waals surface area contributed by atoms with Gasteiger partial charge in [-0.3, -0.25) is 4.79 Å². The van der Waals surface area contributed by atoms with E-state index in [4.69, 9.17) is 18.9 Å². The Hall–Kier alpha value is -4.71. The molecule has 0 bridgehead atoms. The molecule has 6 nitrogen and oxygen atoms in total. The lowest BCUT2D eigenvalue weighted by molar-refractivity contribution is -0.143. The van der Waals surface area contributed by atoms with Crippen LogP contribution in [0.1, 0.15) is 43.7 Å². The van der Waals surface area contributed by atoms with Crippen molar-refractivity contribution in [2.75, 3.05) is 27.4 Å². The molecule has 0 saturated heterocycles. The van der Waals surface area contributed by atoms with E-state index in [2.05, 4.69) is 83.4 Å². The van der Waals surface area contributed by atoms with Crippen molar-refractivity contribution < 1.29 is 23.7 Å². The predicted octanol–water partition coefficient (Wildman–Crippen LogP) is 8.47. The van der Waals surface area contributed by atoms with Crippen molar-refractivity contribution >= 4 is 39.9 Å². The number of carbonyl (C=O) groups excluding carboxylic acids is 1. The van der Waals surface area contributed by atoms with Crippen LogP contribution in [-0.4, -0.2) is 38.0 Å². The van der Waals surface area contributed by atoms with Gasteiger partial charge in [-0.05, 0) is 73.7 Å². The molecule has 1 aromatic heterocycles. The van der Waals surface area contributed by atoms with Gasteiger partial charge in [0.05, 0.1) is 38.5 Å². The molecule has 216 valence electrons. The predicted molar refractivity (Wildman–Crippen MR) is 170 cm³/mol. The van der Waals surface area contributed by atoms with Gasteiger partial charge >= 0.3 is 5.97 Å². The van der Waals surface area contributed by atoms with E-state index in [9.17, 15) is 4.79 Å². The van der Waals surface area contributed by atoms with Crippen LogP contribution in [-0.2, 0) is 9.53 Å².